The minimum atomic E-state index is 0.236. The highest BCUT2D eigenvalue weighted by Gasteiger charge is 2.26. The van der Waals surface area contributed by atoms with Gasteiger partial charge >= 0.3 is 0 Å². The fourth-order valence-electron chi connectivity index (χ4n) is 3.03. The van der Waals surface area contributed by atoms with E-state index in [0.29, 0.717) is 30.1 Å². The van der Waals surface area contributed by atoms with Crippen LogP contribution in [0, 0.1) is 17.8 Å². The molecule has 124 valence electrons. The van der Waals surface area contributed by atoms with Gasteiger partial charge in [0.1, 0.15) is 0 Å². The Labute approximate surface area is 131 Å². The van der Waals surface area contributed by atoms with Crippen LogP contribution < -0.4 is 5.73 Å². The highest BCUT2D eigenvalue weighted by Crippen LogP contribution is 2.26. The highest BCUT2D eigenvalue weighted by molar-refractivity contribution is 5.76. The van der Waals surface area contributed by atoms with Crippen molar-refractivity contribution in [3.05, 3.63) is 0 Å². The Hall–Kier alpha value is -0.570. The standard InChI is InChI=1S/C18H36N2O/c1-14(2)9-11-20(12-10-15(3)4)18(21)13-16-7-5-6-8-17(16)19/h14-17H,5-13,19H2,1-4H3. The molecule has 0 radical (unpaired) electrons. The van der Waals surface area contributed by atoms with Gasteiger partial charge in [-0.2, -0.15) is 0 Å². The van der Waals surface area contributed by atoms with Gasteiger partial charge in [0.05, 0.1) is 0 Å². The summed E-state index contributed by atoms with van der Waals surface area (Å²) in [5.41, 5.74) is 6.20. The first kappa shape index (κ1) is 18.5. The van der Waals surface area contributed by atoms with Crippen molar-refractivity contribution in [2.45, 2.75) is 78.7 Å². The molecule has 0 heterocycles. The quantitative estimate of drug-likeness (QED) is 0.740. The first-order valence-electron chi connectivity index (χ1n) is 8.93. The summed E-state index contributed by atoms with van der Waals surface area (Å²) in [6.45, 7) is 10.7. The van der Waals surface area contributed by atoms with E-state index in [1.165, 1.54) is 12.8 Å². The largest absolute Gasteiger partial charge is 0.343 e. The molecule has 0 spiro atoms. The van der Waals surface area contributed by atoms with Gasteiger partial charge in [-0.05, 0) is 43.4 Å². The second-order valence-electron chi connectivity index (χ2n) is 7.66. The molecule has 21 heavy (non-hydrogen) atoms. The Bertz CT molecular complexity index is 290. The Morgan fingerprint density at radius 2 is 1.57 bits per heavy atom. The molecule has 1 aliphatic rings. The van der Waals surface area contributed by atoms with E-state index in [-0.39, 0.29) is 6.04 Å². The average molecular weight is 296 g/mol. The van der Waals surface area contributed by atoms with Gasteiger partial charge in [0.2, 0.25) is 5.91 Å². The van der Waals surface area contributed by atoms with Crippen LogP contribution in [0.25, 0.3) is 0 Å². The Morgan fingerprint density at radius 1 is 1.05 bits per heavy atom. The van der Waals surface area contributed by atoms with Gasteiger partial charge < -0.3 is 10.6 Å². The van der Waals surface area contributed by atoms with Crippen LogP contribution in [-0.4, -0.2) is 29.9 Å². The third-order valence-corrected chi connectivity index (χ3v) is 4.71. The summed E-state index contributed by atoms with van der Waals surface area (Å²) in [6, 6.07) is 0.236. The van der Waals surface area contributed by atoms with Crippen molar-refractivity contribution in [3.63, 3.8) is 0 Å². The number of carbonyl (C=O) groups is 1. The van der Waals surface area contributed by atoms with E-state index in [9.17, 15) is 4.79 Å². The van der Waals surface area contributed by atoms with Crippen molar-refractivity contribution >= 4 is 5.91 Å². The Balaban J connectivity index is 2.51. The van der Waals surface area contributed by atoms with Crippen LogP contribution >= 0.6 is 0 Å². The molecule has 0 saturated heterocycles. The number of carbonyl (C=O) groups excluding carboxylic acids is 1. The second-order valence-corrected chi connectivity index (χ2v) is 7.66. The molecular weight excluding hydrogens is 260 g/mol. The minimum Gasteiger partial charge on any atom is -0.343 e. The summed E-state index contributed by atoms with van der Waals surface area (Å²) < 4.78 is 0. The highest BCUT2D eigenvalue weighted by atomic mass is 16.2. The van der Waals surface area contributed by atoms with Gasteiger partial charge in [-0.25, -0.2) is 0 Å². The first-order chi connectivity index (χ1) is 9.90. The first-order valence-corrected chi connectivity index (χ1v) is 8.93. The molecule has 1 aliphatic carbocycles. The van der Waals surface area contributed by atoms with E-state index in [0.717, 1.165) is 38.8 Å². The molecule has 0 aromatic heterocycles. The fraction of sp³-hybridized carbons (Fsp3) is 0.944. The van der Waals surface area contributed by atoms with E-state index in [1.54, 1.807) is 0 Å². The van der Waals surface area contributed by atoms with Gasteiger partial charge in [-0.15, -0.1) is 0 Å². The second kappa shape index (κ2) is 9.45. The van der Waals surface area contributed by atoms with Gasteiger partial charge in [0.15, 0.2) is 0 Å². The topological polar surface area (TPSA) is 46.3 Å². The maximum atomic E-state index is 12.7. The van der Waals surface area contributed by atoms with Crippen LogP contribution in [0.2, 0.25) is 0 Å². The van der Waals surface area contributed by atoms with E-state index in [1.807, 2.05) is 0 Å². The minimum absolute atomic E-state index is 0.236. The van der Waals surface area contributed by atoms with Crippen LogP contribution in [-0.2, 0) is 4.79 Å². The van der Waals surface area contributed by atoms with E-state index in [2.05, 4.69) is 32.6 Å². The molecule has 0 aromatic carbocycles. The molecule has 2 atom stereocenters. The molecule has 1 amide bonds. The Morgan fingerprint density at radius 3 is 2.05 bits per heavy atom. The molecule has 1 saturated carbocycles. The lowest BCUT2D eigenvalue weighted by Crippen LogP contribution is -2.40. The van der Waals surface area contributed by atoms with Crippen molar-refractivity contribution < 1.29 is 4.79 Å². The third kappa shape index (κ3) is 7.30. The number of rotatable bonds is 8. The maximum Gasteiger partial charge on any atom is 0.222 e. The normalized spacial score (nSPS) is 22.8. The smallest absolute Gasteiger partial charge is 0.222 e. The zero-order valence-electron chi connectivity index (χ0n) is 14.6. The molecule has 1 rings (SSSR count). The molecule has 3 heteroatoms. The van der Waals surface area contributed by atoms with Crippen LogP contribution in [0.1, 0.15) is 72.6 Å². The molecule has 0 bridgehead atoms. The maximum absolute atomic E-state index is 12.7. The number of nitrogens with two attached hydrogens (primary N) is 1. The predicted molar refractivity (Wildman–Crippen MR) is 90.0 cm³/mol. The summed E-state index contributed by atoms with van der Waals surface area (Å²) in [6.07, 6.45) is 7.56. The number of hydrogen-bond donors (Lipinski definition) is 1. The third-order valence-electron chi connectivity index (χ3n) is 4.71. The molecule has 2 N–H and O–H groups in total. The van der Waals surface area contributed by atoms with Crippen molar-refractivity contribution in [1.82, 2.24) is 4.90 Å². The van der Waals surface area contributed by atoms with Crippen LogP contribution in [0.4, 0.5) is 0 Å². The molecule has 3 nitrogen and oxygen atoms in total. The van der Waals surface area contributed by atoms with E-state index >= 15 is 0 Å². The molecular formula is C18H36N2O. The lowest BCUT2D eigenvalue weighted by molar-refractivity contribution is -0.133. The molecule has 1 fully saturated rings. The van der Waals surface area contributed by atoms with Gasteiger partial charge in [-0.1, -0.05) is 40.5 Å². The van der Waals surface area contributed by atoms with Crippen molar-refractivity contribution in [2.75, 3.05) is 13.1 Å². The lowest BCUT2D eigenvalue weighted by atomic mass is 9.82. The number of hydrogen-bond acceptors (Lipinski definition) is 2. The van der Waals surface area contributed by atoms with E-state index in [4.69, 9.17) is 5.73 Å². The number of nitrogens with zero attached hydrogens (tertiary/aromatic N) is 1. The average Bonchev–Trinajstić information content (AvgIpc) is 2.40. The Kier molecular flexibility index (Phi) is 8.31. The fourth-order valence-corrected chi connectivity index (χ4v) is 3.03. The van der Waals surface area contributed by atoms with Gasteiger partial charge in [-0.3, -0.25) is 4.79 Å². The lowest BCUT2D eigenvalue weighted by Gasteiger charge is -2.31. The predicted octanol–water partition coefficient (Wildman–Crippen LogP) is 3.81. The van der Waals surface area contributed by atoms with Crippen LogP contribution in [0.5, 0.6) is 0 Å². The molecule has 2 unspecified atom stereocenters. The van der Waals surface area contributed by atoms with Crippen molar-refractivity contribution in [2.24, 2.45) is 23.5 Å². The van der Waals surface area contributed by atoms with Crippen molar-refractivity contribution in [1.29, 1.82) is 0 Å². The zero-order valence-corrected chi connectivity index (χ0v) is 14.6. The summed E-state index contributed by atoms with van der Waals surface area (Å²) in [5.74, 6) is 2.04. The SMILES string of the molecule is CC(C)CCN(CCC(C)C)C(=O)CC1CCCCC1N. The van der Waals surface area contributed by atoms with Crippen LogP contribution in [0.15, 0.2) is 0 Å². The monoisotopic (exact) mass is 296 g/mol. The summed E-state index contributed by atoms with van der Waals surface area (Å²) in [4.78, 5) is 14.8. The van der Waals surface area contributed by atoms with Crippen molar-refractivity contribution in [3.8, 4) is 0 Å². The molecule has 0 aromatic rings. The van der Waals surface area contributed by atoms with Gasteiger partial charge in [0, 0.05) is 25.6 Å². The summed E-state index contributed by atoms with van der Waals surface area (Å²) in [7, 11) is 0. The van der Waals surface area contributed by atoms with Crippen LogP contribution in [0.3, 0.4) is 0 Å². The van der Waals surface area contributed by atoms with E-state index < -0.39 is 0 Å². The molecule has 0 aliphatic heterocycles. The summed E-state index contributed by atoms with van der Waals surface area (Å²) in [5, 5.41) is 0. The summed E-state index contributed by atoms with van der Waals surface area (Å²) >= 11 is 0. The van der Waals surface area contributed by atoms with Gasteiger partial charge in [0.25, 0.3) is 0 Å². The zero-order chi connectivity index (χ0) is 15.8. The number of amides is 1.